The fraction of sp³-hybridized carbons (Fsp3) is 0.133. The Balaban J connectivity index is 1.87. The molecule has 3 rings (SSSR count). The maximum absolute atomic E-state index is 11.1. The first-order valence-electron chi connectivity index (χ1n) is 6.08. The summed E-state index contributed by atoms with van der Waals surface area (Å²) in [6.45, 7) is 0.403. The van der Waals surface area contributed by atoms with Crippen molar-refractivity contribution in [3.8, 4) is 17.2 Å². The van der Waals surface area contributed by atoms with Gasteiger partial charge >= 0.3 is 5.97 Å². The number of ether oxygens (including phenoxy) is 3. The van der Waals surface area contributed by atoms with E-state index in [1.54, 1.807) is 0 Å². The van der Waals surface area contributed by atoms with Crippen molar-refractivity contribution >= 4 is 5.97 Å². The van der Waals surface area contributed by atoms with Crippen LogP contribution in [0.2, 0.25) is 0 Å². The second-order valence-corrected chi connectivity index (χ2v) is 4.29. The average Bonchev–Trinajstić information content (AvgIpc) is 2.94. The monoisotopic (exact) mass is 272 g/mol. The summed E-state index contributed by atoms with van der Waals surface area (Å²) in [5, 5.41) is 9.07. The first kappa shape index (κ1) is 12.3. The molecule has 1 aliphatic heterocycles. The molecule has 20 heavy (non-hydrogen) atoms. The molecule has 1 heterocycles. The minimum Gasteiger partial charge on any atom is -0.485 e. The molecule has 0 saturated heterocycles. The molecule has 0 saturated carbocycles. The van der Waals surface area contributed by atoms with Crippen molar-refractivity contribution in [1.82, 2.24) is 0 Å². The molecule has 5 heteroatoms. The third kappa shape index (κ3) is 2.38. The smallest absolute Gasteiger partial charge is 0.335 e. The normalized spacial score (nSPS) is 12.2. The van der Waals surface area contributed by atoms with E-state index in [-0.39, 0.29) is 12.4 Å². The van der Waals surface area contributed by atoms with Crippen molar-refractivity contribution in [3.05, 3.63) is 53.6 Å². The van der Waals surface area contributed by atoms with Crippen molar-refractivity contribution in [2.24, 2.45) is 0 Å². The summed E-state index contributed by atoms with van der Waals surface area (Å²) in [7, 11) is 0. The van der Waals surface area contributed by atoms with Crippen LogP contribution in [0.1, 0.15) is 15.9 Å². The van der Waals surface area contributed by atoms with Gasteiger partial charge in [-0.05, 0) is 17.7 Å². The van der Waals surface area contributed by atoms with Gasteiger partial charge in [-0.3, -0.25) is 0 Å². The molecule has 2 aromatic carbocycles. The number of hydrogen-bond donors (Lipinski definition) is 1. The van der Waals surface area contributed by atoms with Gasteiger partial charge in [-0.1, -0.05) is 30.3 Å². The summed E-state index contributed by atoms with van der Waals surface area (Å²) in [4.78, 5) is 11.1. The SMILES string of the molecule is O=C(O)c1cc2c(c(OCc3ccccc3)c1)OCO2. The number of benzene rings is 2. The van der Waals surface area contributed by atoms with Crippen LogP contribution in [0.25, 0.3) is 0 Å². The molecule has 0 radical (unpaired) electrons. The Morgan fingerprint density at radius 1 is 1.20 bits per heavy atom. The molecule has 102 valence electrons. The molecular weight excluding hydrogens is 260 g/mol. The lowest BCUT2D eigenvalue weighted by Crippen LogP contribution is -2.00. The molecule has 0 fully saturated rings. The highest BCUT2D eigenvalue weighted by atomic mass is 16.7. The zero-order valence-electron chi connectivity index (χ0n) is 10.5. The number of carboxylic acids is 1. The van der Waals surface area contributed by atoms with Gasteiger partial charge in [0.2, 0.25) is 12.5 Å². The van der Waals surface area contributed by atoms with Gasteiger partial charge in [0.15, 0.2) is 11.5 Å². The Morgan fingerprint density at radius 2 is 2.00 bits per heavy atom. The summed E-state index contributed by atoms with van der Waals surface area (Å²) in [5.74, 6) is 0.188. The van der Waals surface area contributed by atoms with Crippen molar-refractivity contribution in [1.29, 1.82) is 0 Å². The summed E-state index contributed by atoms with van der Waals surface area (Å²) >= 11 is 0. The fourth-order valence-corrected chi connectivity index (χ4v) is 1.94. The van der Waals surface area contributed by atoms with Crippen LogP contribution in [0.15, 0.2) is 42.5 Å². The van der Waals surface area contributed by atoms with Gasteiger partial charge in [-0.15, -0.1) is 0 Å². The van der Waals surface area contributed by atoms with E-state index in [1.807, 2.05) is 30.3 Å². The molecule has 0 unspecified atom stereocenters. The van der Waals surface area contributed by atoms with Gasteiger partial charge in [0, 0.05) is 0 Å². The highest BCUT2D eigenvalue weighted by Crippen LogP contribution is 2.42. The summed E-state index contributed by atoms with van der Waals surface area (Å²) in [6, 6.07) is 12.5. The Kier molecular flexibility index (Phi) is 3.16. The second-order valence-electron chi connectivity index (χ2n) is 4.29. The van der Waals surface area contributed by atoms with Crippen molar-refractivity contribution in [3.63, 3.8) is 0 Å². The van der Waals surface area contributed by atoms with E-state index in [1.165, 1.54) is 12.1 Å². The first-order chi connectivity index (χ1) is 9.74. The number of hydrogen-bond acceptors (Lipinski definition) is 4. The third-order valence-electron chi connectivity index (χ3n) is 2.92. The number of rotatable bonds is 4. The molecule has 2 aromatic rings. The zero-order valence-corrected chi connectivity index (χ0v) is 10.5. The van der Waals surface area contributed by atoms with E-state index >= 15 is 0 Å². The van der Waals surface area contributed by atoms with E-state index in [0.29, 0.717) is 23.9 Å². The Bertz CT molecular complexity index is 636. The van der Waals surface area contributed by atoms with Gasteiger partial charge in [-0.2, -0.15) is 0 Å². The van der Waals surface area contributed by atoms with E-state index < -0.39 is 5.97 Å². The van der Waals surface area contributed by atoms with Crippen LogP contribution in [0.3, 0.4) is 0 Å². The number of fused-ring (bicyclic) bond motifs is 1. The van der Waals surface area contributed by atoms with Crippen molar-refractivity contribution in [2.45, 2.75) is 6.61 Å². The van der Waals surface area contributed by atoms with Gasteiger partial charge in [0.05, 0.1) is 5.56 Å². The van der Waals surface area contributed by atoms with Crippen LogP contribution < -0.4 is 14.2 Å². The minimum absolute atomic E-state index is 0.0695. The van der Waals surface area contributed by atoms with E-state index in [9.17, 15) is 4.79 Å². The molecule has 0 bridgehead atoms. The Hall–Kier alpha value is -2.69. The molecule has 0 amide bonds. The maximum atomic E-state index is 11.1. The van der Waals surface area contributed by atoms with Gasteiger partial charge in [-0.25, -0.2) is 4.79 Å². The van der Waals surface area contributed by atoms with Crippen molar-refractivity contribution in [2.75, 3.05) is 6.79 Å². The van der Waals surface area contributed by atoms with E-state index in [2.05, 4.69) is 0 Å². The predicted octanol–water partition coefficient (Wildman–Crippen LogP) is 2.69. The van der Waals surface area contributed by atoms with Crippen LogP contribution in [0.4, 0.5) is 0 Å². The standard InChI is InChI=1S/C15H12O5/c16-15(17)11-6-12(14-13(7-11)19-9-20-14)18-8-10-4-2-1-3-5-10/h1-7H,8-9H2,(H,16,17). The van der Waals surface area contributed by atoms with Crippen LogP contribution in [-0.2, 0) is 6.61 Å². The lowest BCUT2D eigenvalue weighted by atomic mass is 10.2. The molecule has 1 aliphatic rings. The third-order valence-corrected chi connectivity index (χ3v) is 2.92. The Morgan fingerprint density at radius 3 is 2.75 bits per heavy atom. The largest absolute Gasteiger partial charge is 0.485 e. The van der Waals surface area contributed by atoms with Crippen LogP contribution in [-0.4, -0.2) is 17.9 Å². The van der Waals surface area contributed by atoms with Gasteiger partial charge < -0.3 is 19.3 Å². The number of aromatic carboxylic acids is 1. The van der Waals surface area contributed by atoms with Gasteiger partial charge in [0.25, 0.3) is 0 Å². The topological polar surface area (TPSA) is 65.0 Å². The van der Waals surface area contributed by atoms with E-state index in [0.717, 1.165) is 5.56 Å². The number of carboxylic acid groups (broad SMARTS) is 1. The quantitative estimate of drug-likeness (QED) is 0.927. The predicted molar refractivity (Wildman–Crippen MR) is 70.3 cm³/mol. The molecule has 5 nitrogen and oxygen atoms in total. The molecule has 0 spiro atoms. The lowest BCUT2D eigenvalue weighted by molar-refractivity contribution is 0.0696. The van der Waals surface area contributed by atoms with Crippen LogP contribution >= 0.6 is 0 Å². The number of carbonyl (C=O) groups is 1. The van der Waals surface area contributed by atoms with Gasteiger partial charge in [0.1, 0.15) is 6.61 Å². The lowest BCUT2D eigenvalue weighted by Gasteiger charge is -2.10. The second kappa shape index (κ2) is 5.13. The van der Waals surface area contributed by atoms with Crippen LogP contribution in [0.5, 0.6) is 17.2 Å². The maximum Gasteiger partial charge on any atom is 0.335 e. The summed E-state index contributed by atoms with van der Waals surface area (Å²) in [5.41, 5.74) is 1.10. The molecular formula is C15H12O5. The van der Waals surface area contributed by atoms with Crippen LogP contribution in [0, 0.1) is 0 Å². The average molecular weight is 272 g/mol. The molecule has 0 aromatic heterocycles. The molecule has 0 aliphatic carbocycles. The first-order valence-corrected chi connectivity index (χ1v) is 6.08. The minimum atomic E-state index is -1.03. The fourth-order valence-electron chi connectivity index (χ4n) is 1.94. The Labute approximate surface area is 115 Å². The highest BCUT2D eigenvalue weighted by molar-refractivity contribution is 5.89. The zero-order chi connectivity index (χ0) is 13.9. The highest BCUT2D eigenvalue weighted by Gasteiger charge is 2.22. The molecule has 0 atom stereocenters. The summed E-state index contributed by atoms with van der Waals surface area (Å²) < 4.78 is 16.2. The molecule has 1 N–H and O–H groups in total. The van der Waals surface area contributed by atoms with Crippen molar-refractivity contribution < 1.29 is 24.1 Å². The summed E-state index contributed by atoms with van der Waals surface area (Å²) in [6.07, 6.45) is 0. The van der Waals surface area contributed by atoms with E-state index in [4.69, 9.17) is 19.3 Å².